The van der Waals surface area contributed by atoms with E-state index in [1.54, 1.807) is 0 Å². The second-order valence-electron chi connectivity index (χ2n) is 6.12. The normalized spacial score (nSPS) is 13.2. The minimum absolute atomic E-state index is 0.0810. The van der Waals surface area contributed by atoms with Crippen molar-refractivity contribution in [3.63, 3.8) is 0 Å². The molecule has 0 spiro atoms. The molecule has 0 aliphatic carbocycles. The average Bonchev–Trinajstić information content (AvgIpc) is 3.08. The Morgan fingerprint density at radius 1 is 1.35 bits per heavy atom. The molecular formula is C18H23N3OS. The summed E-state index contributed by atoms with van der Waals surface area (Å²) in [4.78, 5) is 12.2. The van der Waals surface area contributed by atoms with Gasteiger partial charge in [-0.3, -0.25) is 4.79 Å². The number of nitrogens with zero attached hydrogens (tertiary/aromatic N) is 2. The van der Waals surface area contributed by atoms with Crippen molar-refractivity contribution in [1.82, 2.24) is 9.78 Å². The van der Waals surface area contributed by atoms with Crippen molar-refractivity contribution >= 4 is 23.5 Å². The van der Waals surface area contributed by atoms with E-state index < -0.39 is 0 Å². The number of aromatic nitrogens is 2. The summed E-state index contributed by atoms with van der Waals surface area (Å²) in [5.74, 6) is 2.78. The second kappa shape index (κ2) is 6.79. The zero-order valence-corrected chi connectivity index (χ0v) is 14.8. The van der Waals surface area contributed by atoms with Gasteiger partial charge in [-0.2, -0.15) is 16.9 Å². The van der Waals surface area contributed by atoms with Gasteiger partial charge in [-0.05, 0) is 31.9 Å². The van der Waals surface area contributed by atoms with Crippen LogP contribution in [0.2, 0.25) is 0 Å². The van der Waals surface area contributed by atoms with E-state index >= 15 is 0 Å². The van der Waals surface area contributed by atoms with E-state index in [0.717, 1.165) is 41.5 Å². The van der Waals surface area contributed by atoms with Crippen LogP contribution in [0.4, 0.5) is 5.82 Å². The minimum atomic E-state index is 0.0810. The number of fused-ring (bicyclic) bond motifs is 1. The summed E-state index contributed by atoms with van der Waals surface area (Å²) in [6.45, 7) is 6.28. The van der Waals surface area contributed by atoms with Crippen LogP contribution in [0.5, 0.6) is 0 Å². The Balaban J connectivity index is 1.98. The number of carbonyl (C=O) groups is 1. The lowest BCUT2D eigenvalue weighted by Gasteiger charge is -2.13. The third-order valence-electron chi connectivity index (χ3n) is 4.15. The van der Waals surface area contributed by atoms with Gasteiger partial charge in [0.05, 0.1) is 11.4 Å². The topological polar surface area (TPSA) is 46.9 Å². The van der Waals surface area contributed by atoms with Gasteiger partial charge in [0.25, 0.3) is 0 Å². The number of hydrogen-bond donors (Lipinski definition) is 1. The van der Waals surface area contributed by atoms with Crippen molar-refractivity contribution in [2.75, 3.05) is 5.32 Å². The van der Waals surface area contributed by atoms with Crippen LogP contribution in [0.1, 0.15) is 48.6 Å². The Bertz CT molecular complexity index is 736. The van der Waals surface area contributed by atoms with Crippen LogP contribution < -0.4 is 5.32 Å². The van der Waals surface area contributed by atoms with Crippen LogP contribution >= 0.6 is 11.8 Å². The number of thioether (sulfide) groups is 1. The summed E-state index contributed by atoms with van der Waals surface area (Å²) in [5.41, 5.74) is 5.72. The summed E-state index contributed by atoms with van der Waals surface area (Å²) < 4.78 is 1.92. The molecule has 0 atom stereocenters. The molecule has 1 N–H and O–H groups in total. The molecule has 1 aromatic heterocycles. The van der Waals surface area contributed by atoms with Crippen LogP contribution in [0.25, 0.3) is 5.69 Å². The molecule has 1 aliphatic heterocycles. The summed E-state index contributed by atoms with van der Waals surface area (Å²) in [6.07, 6.45) is 2.51. The van der Waals surface area contributed by atoms with Crippen LogP contribution in [-0.4, -0.2) is 15.7 Å². The van der Waals surface area contributed by atoms with E-state index in [0.29, 0.717) is 6.42 Å². The van der Waals surface area contributed by atoms with Crippen molar-refractivity contribution in [3.8, 4) is 5.69 Å². The molecule has 1 aromatic carbocycles. The van der Waals surface area contributed by atoms with E-state index in [1.807, 2.05) is 16.4 Å². The number of amides is 1. The van der Waals surface area contributed by atoms with Crippen LogP contribution in [0, 0.1) is 13.8 Å². The maximum atomic E-state index is 12.2. The molecule has 4 nitrogen and oxygen atoms in total. The molecule has 5 heteroatoms. The first-order valence-electron chi connectivity index (χ1n) is 8.16. The quantitative estimate of drug-likeness (QED) is 0.886. The highest BCUT2D eigenvalue weighted by molar-refractivity contribution is 7.98. The smallest absolute Gasteiger partial charge is 0.225 e. The number of aryl methyl sites for hydroxylation is 2. The maximum Gasteiger partial charge on any atom is 0.225 e. The number of benzene rings is 1. The molecule has 2 heterocycles. The van der Waals surface area contributed by atoms with Crippen LogP contribution in [0.3, 0.4) is 0 Å². The zero-order valence-electron chi connectivity index (χ0n) is 14.0. The van der Waals surface area contributed by atoms with Gasteiger partial charge in [-0.15, -0.1) is 0 Å². The molecule has 1 aliphatic rings. The Morgan fingerprint density at radius 3 is 2.91 bits per heavy atom. The van der Waals surface area contributed by atoms with E-state index in [1.165, 1.54) is 16.7 Å². The second-order valence-corrected chi connectivity index (χ2v) is 7.11. The maximum absolute atomic E-state index is 12.2. The number of hydrogen-bond acceptors (Lipinski definition) is 3. The summed E-state index contributed by atoms with van der Waals surface area (Å²) in [7, 11) is 0. The fraction of sp³-hybridized carbons (Fsp3) is 0.444. The first kappa shape index (κ1) is 16.1. The fourth-order valence-corrected chi connectivity index (χ4v) is 3.93. The first-order chi connectivity index (χ1) is 11.1. The van der Waals surface area contributed by atoms with E-state index in [4.69, 9.17) is 5.10 Å². The number of unbranched alkanes of at least 4 members (excludes halogenated alkanes) is 1. The van der Waals surface area contributed by atoms with Gasteiger partial charge in [0.2, 0.25) is 5.91 Å². The molecule has 23 heavy (non-hydrogen) atoms. The molecule has 122 valence electrons. The molecule has 0 unspecified atom stereocenters. The van der Waals surface area contributed by atoms with Gasteiger partial charge in [0.1, 0.15) is 5.82 Å². The molecule has 0 bridgehead atoms. The molecule has 0 saturated heterocycles. The van der Waals surface area contributed by atoms with Crippen molar-refractivity contribution in [1.29, 1.82) is 0 Å². The highest BCUT2D eigenvalue weighted by Gasteiger charge is 2.25. The van der Waals surface area contributed by atoms with Crippen LogP contribution in [-0.2, 0) is 16.3 Å². The van der Waals surface area contributed by atoms with Gasteiger partial charge in [0.15, 0.2) is 0 Å². The Hall–Kier alpha value is -1.75. The van der Waals surface area contributed by atoms with E-state index in [2.05, 4.69) is 44.3 Å². The molecule has 0 fully saturated rings. The fourth-order valence-electron chi connectivity index (χ4n) is 2.89. The summed E-state index contributed by atoms with van der Waals surface area (Å²) >= 11 is 1.85. The van der Waals surface area contributed by atoms with Crippen molar-refractivity contribution in [2.45, 2.75) is 51.5 Å². The van der Waals surface area contributed by atoms with Crippen molar-refractivity contribution < 1.29 is 4.79 Å². The number of carbonyl (C=O) groups excluding carboxylic acids is 1. The number of rotatable bonds is 5. The summed E-state index contributed by atoms with van der Waals surface area (Å²) in [5, 5.41) is 7.88. The Morgan fingerprint density at radius 2 is 2.17 bits per heavy atom. The highest BCUT2D eigenvalue weighted by atomic mass is 32.2. The molecule has 0 saturated carbocycles. The third-order valence-corrected chi connectivity index (χ3v) is 5.12. The molecule has 2 aromatic rings. The molecular weight excluding hydrogens is 306 g/mol. The van der Waals surface area contributed by atoms with Gasteiger partial charge < -0.3 is 5.32 Å². The third kappa shape index (κ3) is 3.29. The van der Waals surface area contributed by atoms with Crippen molar-refractivity contribution in [2.24, 2.45) is 0 Å². The summed E-state index contributed by atoms with van der Waals surface area (Å²) in [6, 6.07) is 6.33. The molecule has 3 rings (SSSR count). The highest BCUT2D eigenvalue weighted by Crippen LogP contribution is 2.36. The zero-order chi connectivity index (χ0) is 16.4. The minimum Gasteiger partial charge on any atom is -0.310 e. The van der Waals surface area contributed by atoms with E-state index in [-0.39, 0.29) is 5.91 Å². The number of anilines is 1. The van der Waals surface area contributed by atoms with Gasteiger partial charge >= 0.3 is 0 Å². The van der Waals surface area contributed by atoms with E-state index in [9.17, 15) is 4.79 Å². The Kier molecular flexibility index (Phi) is 4.76. The predicted octanol–water partition coefficient (Wildman–Crippen LogP) is 4.36. The lowest BCUT2D eigenvalue weighted by molar-refractivity contribution is -0.116. The average molecular weight is 329 g/mol. The standard InChI is InChI=1S/C18H23N3OS/c1-4-5-6-17(22)19-18-14-10-23-11-15(14)20-21(18)16-8-7-12(2)9-13(16)3/h7-9H,4-6,10-11H2,1-3H3,(H,19,22). The monoisotopic (exact) mass is 329 g/mol. The van der Waals surface area contributed by atoms with Gasteiger partial charge in [0, 0.05) is 23.5 Å². The lowest BCUT2D eigenvalue weighted by Crippen LogP contribution is -2.16. The largest absolute Gasteiger partial charge is 0.310 e. The Labute approximate surface area is 141 Å². The van der Waals surface area contributed by atoms with Gasteiger partial charge in [-0.25, -0.2) is 4.68 Å². The molecule has 1 amide bonds. The first-order valence-corrected chi connectivity index (χ1v) is 9.31. The molecule has 0 radical (unpaired) electrons. The van der Waals surface area contributed by atoms with Crippen LogP contribution in [0.15, 0.2) is 18.2 Å². The predicted molar refractivity (Wildman–Crippen MR) is 96.2 cm³/mol. The van der Waals surface area contributed by atoms with Gasteiger partial charge in [-0.1, -0.05) is 31.0 Å². The lowest BCUT2D eigenvalue weighted by atomic mass is 10.1. The van der Waals surface area contributed by atoms with Crippen molar-refractivity contribution in [3.05, 3.63) is 40.6 Å². The SMILES string of the molecule is CCCCC(=O)Nc1c2c(nn1-c1ccc(C)cc1C)CSC2. The number of nitrogens with one attached hydrogen (secondary N) is 1.